The van der Waals surface area contributed by atoms with E-state index in [9.17, 15) is 4.39 Å². The Balaban J connectivity index is 1.32. The van der Waals surface area contributed by atoms with Gasteiger partial charge in [-0.25, -0.2) is 19.3 Å². The zero-order chi connectivity index (χ0) is 23.2. The predicted molar refractivity (Wildman–Crippen MR) is 131 cm³/mol. The number of halogens is 1. The van der Waals surface area contributed by atoms with Gasteiger partial charge in [-0.1, -0.05) is 19.3 Å². The van der Waals surface area contributed by atoms with E-state index >= 15 is 0 Å². The first-order valence-electron chi connectivity index (χ1n) is 12.5. The second-order valence-electron chi connectivity index (χ2n) is 9.18. The molecule has 2 aliphatic rings. The van der Waals surface area contributed by atoms with E-state index in [-0.39, 0.29) is 5.82 Å². The van der Waals surface area contributed by atoms with Crippen molar-refractivity contribution in [3.05, 3.63) is 48.8 Å². The van der Waals surface area contributed by atoms with Crippen molar-refractivity contribution in [3.8, 4) is 22.5 Å². The maximum atomic E-state index is 13.5. The molecule has 2 fully saturated rings. The van der Waals surface area contributed by atoms with Crippen LogP contribution in [-0.4, -0.2) is 63.8 Å². The lowest BCUT2D eigenvalue weighted by atomic mass is 9.94. The molecule has 2 aromatic heterocycles. The number of hydrogen-bond acceptors (Lipinski definition) is 6. The van der Waals surface area contributed by atoms with Crippen molar-refractivity contribution in [2.45, 2.75) is 44.6 Å². The fourth-order valence-corrected chi connectivity index (χ4v) is 4.97. The smallest absolute Gasteiger partial charge is 0.222 e. The van der Waals surface area contributed by atoms with Gasteiger partial charge >= 0.3 is 0 Å². The van der Waals surface area contributed by atoms with Gasteiger partial charge in [0.25, 0.3) is 0 Å². The first kappa shape index (κ1) is 22.9. The molecule has 1 aliphatic heterocycles. The Hall–Kier alpha value is -2.84. The van der Waals surface area contributed by atoms with Crippen LogP contribution >= 0.6 is 0 Å². The van der Waals surface area contributed by atoms with Crippen LogP contribution in [0.3, 0.4) is 0 Å². The topological polar surface area (TPSA) is 68.1 Å². The van der Waals surface area contributed by atoms with Crippen molar-refractivity contribution >= 4 is 5.95 Å². The minimum atomic E-state index is -0.246. The molecule has 1 aromatic carbocycles. The number of aromatic nitrogens is 4. The SMILES string of the molecule is Fc1ccc(-c2ncn(C3CCCCC3)c2-c2cnc(NCCCN3CCOCC3)nc2)cc1. The van der Waals surface area contributed by atoms with Gasteiger partial charge in [0.05, 0.1) is 30.9 Å². The van der Waals surface area contributed by atoms with Crippen molar-refractivity contribution in [1.82, 2.24) is 24.4 Å². The summed E-state index contributed by atoms with van der Waals surface area (Å²) in [7, 11) is 0. The average Bonchev–Trinajstić information content (AvgIpc) is 3.34. The third kappa shape index (κ3) is 5.45. The number of ether oxygens (including phenoxy) is 1. The molecular formula is C26H33FN6O. The van der Waals surface area contributed by atoms with Gasteiger partial charge in [0.15, 0.2) is 0 Å². The molecule has 0 amide bonds. The summed E-state index contributed by atoms with van der Waals surface area (Å²) < 4.78 is 21.2. The summed E-state index contributed by atoms with van der Waals surface area (Å²) in [5.41, 5.74) is 3.69. The van der Waals surface area contributed by atoms with Gasteiger partial charge in [-0.3, -0.25) is 4.90 Å². The van der Waals surface area contributed by atoms with Gasteiger partial charge in [0, 0.05) is 49.2 Å². The monoisotopic (exact) mass is 464 g/mol. The lowest BCUT2D eigenvalue weighted by molar-refractivity contribution is 0.0378. The lowest BCUT2D eigenvalue weighted by Gasteiger charge is -2.26. The molecule has 8 heteroatoms. The Bertz CT molecular complexity index is 1040. The van der Waals surface area contributed by atoms with Gasteiger partial charge < -0.3 is 14.6 Å². The molecule has 3 aromatic rings. The summed E-state index contributed by atoms with van der Waals surface area (Å²) in [6, 6.07) is 6.97. The van der Waals surface area contributed by atoms with E-state index in [1.807, 2.05) is 18.7 Å². The molecule has 7 nitrogen and oxygen atoms in total. The Morgan fingerprint density at radius 2 is 1.68 bits per heavy atom. The van der Waals surface area contributed by atoms with E-state index in [1.54, 1.807) is 12.1 Å². The molecular weight excluding hydrogens is 431 g/mol. The van der Waals surface area contributed by atoms with Crippen LogP contribution in [0.2, 0.25) is 0 Å². The summed E-state index contributed by atoms with van der Waals surface area (Å²) in [5.74, 6) is 0.391. The third-order valence-corrected chi connectivity index (χ3v) is 6.84. The van der Waals surface area contributed by atoms with Crippen molar-refractivity contribution in [2.24, 2.45) is 0 Å². The van der Waals surface area contributed by atoms with Crippen LogP contribution in [0.1, 0.15) is 44.6 Å². The Kier molecular flexibility index (Phi) is 7.46. The fourth-order valence-electron chi connectivity index (χ4n) is 4.97. The quantitative estimate of drug-likeness (QED) is 0.484. The zero-order valence-corrected chi connectivity index (χ0v) is 19.6. The number of nitrogens with zero attached hydrogens (tertiary/aromatic N) is 5. The van der Waals surface area contributed by atoms with Crippen LogP contribution in [0, 0.1) is 5.82 Å². The highest BCUT2D eigenvalue weighted by Crippen LogP contribution is 2.37. The number of hydrogen-bond donors (Lipinski definition) is 1. The predicted octanol–water partition coefficient (Wildman–Crippen LogP) is 4.79. The molecule has 5 rings (SSSR count). The van der Waals surface area contributed by atoms with E-state index in [0.717, 1.165) is 81.2 Å². The minimum absolute atomic E-state index is 0.246. The second kappa shape index (κ2) is 11.1. The molecule has 0 unspecified atom stereocenters. The number of rotatable bonds is 8. The zero-order valence-electron chi connectivity index (χ0n) is 19.6. The Morgan fingerprint density at radius 3 is 2.41 bits per heavy atom. The summed E-state index contributed by atoms with van der Waals surface area (Å²) in [4.78, 5) is 16.4. The highest BCUT2D eigenvalue weighted by atomic mass is 19.1. The summed E-state index contributed by atoms with van der Waals surface area (Å²) in [5, 5.41) is 3.34. The van der Waals surface area contributed by atoms with E-state index in [2.05, 4.69) is 24.8 Å². The molecule has 34 heavy (non-hydrogen) atoms. The van der Waals surface area contributed by atoms with E-state index in [1.165, 1.54) is 31.4 Å². The Labute approximate surface area is 200 Å². The second-order valence-corrected chi connectivity index (χ2v) is 9.18. The number of imidazole rings is 1. The molecule has 1 saturated heterocycles. The maximum Gasteiger partial charge on any atom is 0.222 e. The first-order chi connectivity index (χ1) is 16.8. The van der Waals surface area contributed by atoms with E-state index in [0.29, 0.717) is 12.0 Å². The molecule has 1 saturated carbocycles. The summed E-state index contributed by atoms with van der Waals surface area (Å²) in [6.07, 6.45) is 12.8. The van der Waals surface area contributed by atoms with Gasteiger partial charge in [0.1, 0.15) is 5.82 Å². The van der Waals surface area contributed by atoms with Crippen molar-refractivity contribution in [3.63, 3.8) is 0 Å². The third-order valence-electron chi connectivity index (χ3n) is 6.84. The summed E-state index contributed by atoms with van der Waals surface area (Å²) in [6.45, 7) is 5.56. The lowest BCUT2D eigenvalue weighted by Crippen LogP contribution is -2.37. The molecule has 0 spiro atoms. The van der Waals surface area contributed by atoms with Crippen LogP contribution in [0.15, 0.2) is 43.0 Å². The largest absolute Gasteiger partial charge is 0.379 e. The molecule has 180 valence electrons. The average molecular weight is 465 g/mol. The number of nitrogens with one attached hydrogen (secondary N) is 1. The molecule has 3 heterocycles. The molecule has 1 aliphatic carbocycles. The van der Waals surface area contributed by atoms with Crippen LogP contribution in [0.5, 0.6) is 0 Å². The van der Waals surface area contributed by atoms with Gasteiger partial charge in [0.2, 0.25) is 5.95 Å². The van der Waals surface area contributed by atoms with Crippen LogP contribution in [-0.2, 0) is 4.74 Å². The minimum Gasteiger partial charge on any atom is -0.379 e. The molecule has 0 atom stereocenters. The molecule has 1 N–H and O–H groups in total. The number of anilines is 1. The normalized spacial score (nSPS) is 17.7. The van der Waals surface area contributed by atoms with Gasteiger partial charge in [-0.05, 0) is 50.1 Å². The number of morpholine rings is 1. The van der Waals surface area contributed by atoms with Crippen LogP contribution < -0.4 is 5.32 Å². The van der Waals surface area contributed by atoms with Crippen molar-refractivity contribution in [2.75, 3.05) is 44.7 Å². The maximum absolute atomic E-state index is 13.5. The van der Waals surface area contributed by atoms with E-state index < -0.39 is 0 Å². The fraction of sp³-hybridized carbons (Fsp3) is 0.500. The van der Waals surface area contributed by atoms with Crippen LogP contribution in [0.4, 0.5) is 10.3 Å². The summed E-state index contributed by atoms with van der Waals surface area (Å²) >= 11 is 0. The van der Waals surface area contributed by atoms with Gasteiger partial charge in [-0.15, -0.1) is 0 Å². The number of benzene rings is 1. The van der Waals surface area contributed by atoms with Crippen molar-refractivity contribution in [1.29, 1.82) is 0 Å². The van der Waals surface area contributed by atoms with Crippen LogP contribution in [0.25, 0.3) is 22.5 Å². The van der Waals surface area contributed by atoms with Gasteiger partial charge in [-0.2, -0.15) is 0 Å². The van der Waals surface area contributed by atoms with Crippen molar-refractivity contribution < 1.29 is 9.13 Å². The standard InChI is InChI=1S/C26H33FN6O/c27-22-9-7-20(8-10-22)24-25(33(19-31-24)23-5-2-1-3-6-23)21-17-29-26(30-18-21)28-11-4-12-32-13-15-34-16-14-32/h7-10,17-19,23H,1-6,11-16H2,(H,28,29,30). The Morgan fingerprint density at radius 1 is 0.941 bits per heavy atom. The first-order valence-corrected chi connectivity index (χ1v) is 12.5. The van der Waals surface area contributed by atoms with E-state index in [4.69, 9.17) is 9.72 Å². The highest BCUT2D eigenvalue weighted by Gasteiger charge is 2.23. The molecule has 0 bridgehead atoms. The highest BCUT2D eigenvalue weighted by molar-refractivity contribution is 5.78. The molecule has 0 radical (unpaired) electrons.